The molecule has 7 nitrogen and oxygen atoms in total. The molecule has 1 aromatic carbocycles. The van der Waals surface area contributed by atoms with Crippen LogP contribution in [0.25, 0.3) is 5.69 Å². The minimum Gasteiger partial charge on any atom is -0.308 e. The molecule has 98 valence electrons. The van der Waals surface area contributed by atoms with Crippen LogP contribution in [0.4, 0.5) is 5.69 Å². The van der Waals surface area contributed by atoms with E-state index in [4.69, 9.17) is 0 Å². The monoisotopic (exact) mass is 259 g/mol. The van der Waals surface area contributed by atoms with Gasteiger partial charge in [0.2, 0.25) is 0 Å². The Kier molecular flexibility index (Phi) is 2.96. The predicted molar refractivity (Wildman–Crippen MR) is 67.9 cm³/mol. The van der Waals surface area contributed by atoms with Gasteiger partial charge in [-0.3, -0.25) is 10.1 Å². The zero-order chi connectivity index (χ0) is 13.2. The van der Waals surface area contributed by atoms with Crippen molar-refractivity contribution in [1.29, 1.82) is 0 Å². The first kappa shape index (κ1) is 11.8. The van der Waals surface area contributed by atoms with Crippen molar-refractivity contribution >= 4 is 5.69 Å². The molecule has 0 radical (unpaired) electrons. The fraction of sp³-hybridized carbons (Fsp3) is 0.333. The zero-order valence-electron chi connectivity index (χ0n) is 10.2. The summed E-state index contributed by atoms with van der Waals surface area (Å²) in [6, 6.07) is 6.88. The lowest BCUT2D eigenvalue weighted by Crippen LogP contribution is -2.15. The summed E-state index contributed by atoms with van der Waals surface area (Å²) in [5.41, 5.74) is 1.46. The molecule has 2 aromatic rings. The average molecular weight is 259 g/mol. The predicted octanol–water partition coefficient (Wildman–Crippen LogP) is 1.43. The van der Waals surface area contributed by atoms with Crippen LogP contribution < -0.4 is 5.32 Å². The summed E-state index contributed by atoms with van der Waals surface area (Å²) in [5, 5.41) is 22.5. The summed E-state index contributed by atoms with van der Waals surface area (Å²) in [6.45, 7) is 0.680. The van der Waals surface area contributed by atoms with Gasteiger partial charge < -0.3 is 5.32 Å². The highest BCUT2D eigenvalue weighted by atomic mass is 16.6. The minimum atomic E-state index is -0.428. The molecule has 1 heterocycles. The summed E-state index contributed by atoms with van der Waals surface area (Å²) in [4.78, 5) is 11.7. The lowest BCUT2D eigenvalue weighted by atomic mass is 10.3. The number of non-ortho nitro benzene ring substituents is 1. The third kappa shape index (κ3) is 2.76. The van der Waals surface area contributed by atoms with Crippen molar-refractivity contribution < 1.29 is 4.92 Å². The van der Waals surface area contributed by atoms with E-state index in [0.29, 0.717) is 18.3 Å². The largest absolute Gasteiger partial charge is 0.308 e. The highest BCUT2D eigenvalue weighted by Gasteiger charge is 2.20. The van der Waals surface area contributed by atoms with Crippen molar-refractivity contribution in [2.45, 2.75) is 25.4 Å². The number of nitrogens with zero attached hydrogens (tertiary/aromatic N) is 4. The standard InChI is InChI=1S/C12H13N5O2/c18-17(19)12-3-1-2-11(6-12)16-14-8-10(15-16)7-13-9-4-5-9/h1-3,6,8-9,13H,4-5,7H2. The number of hydrogen-bond acceptors (Lipinski definition) is 5. The molecule has 7 heteroatoms. The summed E-state index contributed by atoms with van der Waals surface area (Å²) in [7, 11) is 0. The molecule has 1 saturated carbocycles. The summed E-state index contributed by atoms with van der Waals surface area (Å²) in [5.74, 6) is 0. The van der Waals surface area contributed by atoms with E-state index in [2.05, 4.69) is 15.5 Å². The number of nitrogens with one attached hydrogen (secondary N) is 1. The average Bonchev–Trinajstić information content (AvgIpc) is 3.13. The van der Waals surface area contributed by atoms with E-state index < -0.39 is 4.92 Å². The second-order valence-electron chi connectivity index (χ2n) is 4.56. The van der Waals surface area contributed by atoms with Crippen LogP contribution in [-0.4, -0.2) is 26.0 Å². The fourth-order valence-electron chi connectivity index (χ4n) is 1.77. The molecule has 0 bridgehead atoms. The SMILES string of the molecule is O=[N+]([O-])c1cccc(-n2ncc(CNC3CC3)n2)c1. The van der Waals surface area contributed by atoms with E-state index in [0.717, 1.165) is 5.69 Å². The van der Waals surface area contributed by atoms with Crippen LogP contribution in [0, 0.1) is 10.1 Å². The van der Waals surface area contributed by atoms with Gasteiger partial charge >= 0.3 is 0 Å². The van der Waals surface area contributed by atoms with E-state index in [1.54, 1.807) is 18.3 Å². The first-order valence-electron chi connectivity index (χ1n) is 6.12. The molecular formula is C12H13N5O2. The van der Waals surface area contributed by atoms with Crippen LogP contribution in [0.15, 0.2) is 30.5 Å². The van der Waals surface area contributed by atoms with Crippen LogP contribution in [0.5, 0.6) is 0 Å². The second-order valence-corrected chi connectivity index (χ2v) is 4.56. The van der Waals surface area contributed by atoms with E-state index in [-0.39, 0.29) is 5.69 Å². The molecule has 1 fully saturated rings. The van der Waals surface area contributed by atoms with Crippen LogP contribution in [-0.2, 0) is 6.54 Å². The smallest absolute Gasteiger partial charge is 0.271 e. The van der Waals surface area contributed by atoms with Crippen molar-refractivity contribution in [2.24, 2.45) is 0 Å². The molecule has 0 saturated heterocycles. The first-order chi connectivity index (χ1) is 9.22. The van der Waals surface area contributed by atoms with Gasteiger partial charge in [0, 0.05) is 24.7 Å². The molecule has 1 aliphatic rings. The lowest BCUT2D eigenvalue weighted by molar-refractivity contribution is -0.384. The summed E-state index contributed by atoms with van der Waals surface area (Å²) < 4.78 is 0. The Morgan fingerprint density at radius 1 is 1.47 bits per heavy atom. The Bertz CT molecular complexity index is 606. The molecule has 1 N–H and O–H groups in total. The van der Waals surface area contributed by atoms with Gasteiger partial charge in [0.15, 0.2) is 0 Å². The van der Waals surface area contributed by atoms with Gasteiger partial charge in [-0.2, -0.15) is 15.0 Å². The Labute approximate surface area is 109 Å². The van der Waals surface area contributed by atoms with Crippen LogP contribution in [0.1, 0.15) is 18.5 Å². The molecule has 19 heavy (non-hydrogen) atoms. The Morgan fingerprint density at radius 3 is 3.05 bits per heavy atom. The van der Waals surface area contributed by atoms with Gasteiger partial charge in [-0.1, -0.05) is 6.07 Å². The van der Waals surface area contributed by atoms with Crippen LogP contribution in [0.3, 0.4) is 0 Å². The Balaban J connectivity index is 1.77. The Morgan fingerprint density at radius 2 is 2.32 bits per heavy atom. The molecule has 3 rings (SSSR count). The topological polar surface area (TPSA) is 85.9 Å². The van der Waals surface area contributed by atoms with Crippen molar-refractivity contribution in [3.05, 3.63) is 46.3 Å². The van der Waals surface area contributed by atoms with Gasteiger partial charge in [-0.15, -0.1) is 0 Å². The maximum absolute atomic E-state index is 10.7. The number of rotatable bonds is 5. The number of hydrogen-bond donors (Lipinski definition) is 1. The minimum absolute atomic E-state index is 0.0347. The molecule has 0 atom stereocenters. The molecular weight excluding hydrogens is 246 g/mol. The van der Waals surface area contributed by atoms with Gasteiger partial charge in [-0.25, -0.2) is 0 Å². The van der Waals surface area contributed by atoms with Crippen LogP contribution in [0.2, 0.25) is 0 Å². The number of aromatic nitrogens is 3. The van der Waals surface area contributed by atoms with Crippen LogP contribution >= 0.6 is 0 Å². The third-order valence-corrected chi connectivity index (χ3v) is 2.96. The molecule has 0 unspecified atom stereocenters. The maximum atomic E-state index is 10.7. The van der Waals surface area contributed by atoms with E-state index in [1.807, 2.05) is 0 Å². The van der Waals surface area contributed by atoms with Gasteiger partial charge in [0.1, 0.15) is 0 Å². The number of nitro groups is 1. The van der Waals surface area contributed by atoms with E-state index >= 15 is 0 Å². The molecule has 0 aliphatic heterocycles. The van der Waals surface area contributed by atoms with Gasteiger partial charge in [-0.05, 0) is 18.9 Å². The Hall–Kier alpha value is -2.28. The van der Waals surface area contributed by atoms with Crippen molar-refractivity contribution in [2.75, 3.05) is 0 Å². The van der Waals surface area contributed by atoms with Gasteiger partial charge in [0.05, 0.1) is 22.5 Å². The van der Waals surface area contributed by atoms with E-state index in [9.17, 15) is 10.1 Å². The first-order valence-corrected chi connectivity index (χ1v) is 6.12. The molecule has 1 aliphatic carbocycles. The second kappa shape index (κ2) is 4.77. The van der Waals surface area contributed by atoms with Crippen molar-refractivity contribution in [3.63, 3.8) is 0 Å². The normalized spacial score (nSPS) is 14.5. The molecule has 1 aromatic heterocycles. The number of benzene rings is 1. The van der Waals surface area contributed by atoms with Gasteiger partial charge in [0.25, 0.3) is 5.69 Å². The summed E-state index contributed by atoms with van der Waals surface area (Å²) >= 11 is 0. The quantitative estimate of drug-likeness (QED) is 0.648. The van der Waals surface area contributed by atoms with Crippen molar-refractivity contribution in [1.82, 2.24) is 20.3 Å². The maximum Gasteiger partial charge on any atom is 0.271 e. The lowest BCUT2D eigenvalue weighted by Gasteiger charge is -1.99. The zero-order valence-corrected chi connectivity index (χ0v) is 10.2. The highest BCUT2D eigenvalue weighted by Crippen LogP contribution is 2.19. The number of nitro benzene ring substituents is 1. The highest BCUT2D eigenvalue weighted by molar-refractivity contribution is 5.41. The van der Waals surface area contributed by atoms with E-state index in [1.165, 1.54) is 29.8 Å². The summed E-state index contributed by atoms with van der Waals surface area (Å²) in [6.07, 6.45) is 4.12. The third-order valence-electron chi connectivity index (χ3n) is 2.96. The van der Waals surface area contributed by atoms with Crippen molar-refractivity contribution in [3.8, 4) is 5.69 Å². The fourth-order valence-corrected chi connectivity index (χ4v) is 1.77. The molecule has 0 spiro atoms. The molecule has 0 amide bonds.